The fourth-order valence-corrected chi connectivity index (χ4v) is 3.40. The van der Waals surface area contributed by atoms with Crippen LogP contribution in [0.5, 0.6) is 23.0 Å². The maximum absolute atomic E-state index is 12.7. The van der Waals surface area contributed by atoms with Gasteiger partial charge in [-0.15, -0.1) is 0 Å². The quantitative estimate of drug-likeness (QED) is 0.788. The second-order valence-corrected chi connectivity index (χ2v) is 6.82. The van der Waals surface area contributed by atoms with Gasteiger partial charge in [-0.25, -0.2) is 0 Å². The summed E-state index contributed by atoms with van der Waals surface area (Å²) in [4.78, 5) is 12.7. The maximum atomic E-state index is 12.7. The minimum atomic E-state index is -0.214. The molecule has 1 N–H and O–H groups in total. The van der Waals surface area contributed by atoms with Crippen LogP contribution in [0.4, 0.5) is 0 Å². The fourth-order valence-electron chi connectivity index (χ4n) is 3.40. The van der Waals surface area contributed by atoms with E-state index in [0.717, 1.165) is 34.6 Å². The van der Waals surface area contributed by atoms with E-state index in [9.17, 15) is 4.79 Å². The summed E-state index contributed by atoms with van der Waals surface area (Å²) >= 11 is 0. The first-order valence-electron chi connectivity index (χ1n) is 9.42. The van der Waals surface area contributed by atoms with Crippen molar-refractivity contribution in [2.45, 2.75) is 39.8 Å². The van der Waals surface area contributed by atoms with Crippen molar-refractivity contribution in [2.75, 3.05) is 20.8 Å². The molecule has 6 heteroatoms. The van der Waals surface area contributed by atoms with Gasteiger partial charge in [-0.1, -0.05) is 0 Å². The van der Waals surface area contributed by atoms with E-state index in [1.54, 1.807) is 26.4 Å². The van der Waals surface area contributed by atoms with E-state index in [2.05, 4.69) is 5.32 Å². The molecule has 6 nitrogen and oxygen atoms in total. The summed E-state index contributed by atoms with van der Waals surface area (Å²) in [6.07, 6.45) is 1.02. The van der Waals surface area contributed by atoms with E-state index in [1.807, 2.05) is 32.9 Å². The first-order valence-corrected chi connectivity index (χ1v) is 9.42. The highest BCUT2D eigenvalue weighted by molar-refractivity contribution is 5.95. The second-order valence-electron chi connectivity index (χ2n) is 6.82. The largest absolute Gasteiger partial charge is 0.496 e. The van der Waals surface area contributed by atoms with Crippen molar-refractivity contribution in [1.29, 1.82) is 0 Å². The third-order valence-electron chi connectivity index (χ3n) is 4.83. The van der Waals surface area contributed by atoms with E-state index in [-0.39, 0.29) is 12.0 Å². The van der Waals surface area contributed by atoms with Gasteiger partial charge >= 0.3 is 0 Å². The molecule has 0 spiro atoms. The zero-order chi connectivity index (χ0) is 20.3. The number of methoxy groups -OCH3 is 2. The molecule has 0 bridgehead atoms. The van der Waals surface area contributed by atoms with Crippen LogP contribution in [0.3, 0.4) is 0 Å². The summed E-state index contributed by atoms with van der Waals surface area (Å²) in [6.45, 7) is 6.76. The Balaban J connectivity index is 1.80. The van der Waals surface area contributed by atoms with E-state index in [0.29, 0.717) is 30.2 Å². The first kappa shape index (κ1) is 19.9. The lowest BCUT2D eigenvalue weighted by Gasteiger charge is -2.15. The predicted molar refractivity (Wildman–Crippen MR) is 107 cm³/mol. The van der Waals surface area contributed by atoms with Crippen molar-refractivity contribution < 1.29 is 23.7 Å². The molecule has 3 rings (SSSR count). The third kappa shape index (κ3) is 4.01. The number of ether oxygens (including phenoxy) is 4. The van der Waals surface area contributed by atoms with Crippen LogP contribution >= 0.6 is 0 Å². The number of carbonyl (C=O) groups is 1. The Morgan fingerprint density at radius 3 is 2.43 bits per heavy atom. The molecule has 1 aliphatic heterocycles. The fraction of sp³-hybridized carbons (Fsp3) is 0.409. The van der Waals surface area contributed by atoms with E-state index < -0.39 is 0 Å². The average molecular weight is 385 g/mol. The zero-order valence-electron chi connectivity index (χ0n) is 17.0. The standard InChI is InChI=1S/C22H27NO5/c1-6-27-20-8-15-7-13(2)28-21(15)11-17(20)12-23-22(24)16-9-18(25-4)14(3)19(10-16)26-5/h8-11,13H,6-7,12H2,1-5H3,(H,23,24)/t13-/m1/s1. The molecule has 150 valence electrons. The molecular weight excluding hydrogens is 358 g/mol. The third-order valence-corrected chi connectivity index (χ3v) is 4.83. The lowest BCUT2D eigenvalue weighted by atomic mass is 10.1. The predicted octanol–water partition coefficient (Wildman–Crippen LogP) is 3.66. The second kappa shape index (κ2) is 8.42. The smallest absolute Gasteiger partial charge is 0.251 e. The number of hydrogen-bond acceptors (Lipinski definition) is 5. The number of amides is 1. The summed E-state index contributed by atoms with van der Waals surface area (Å²) in [5.41, 5.74) is 3.35. The number of rotatable bonds is 7. The van der Waals surface area contributed by atoms with Crippen LogP contribution in [-0.2, 0) is 13.0 Å². The van der Waals surface area contributed by atoms with Gasteiger partial charge in [0.1, 0.15) is 29.1 Å². The Morgan fingerprint density at radius 1 is 1.14 bits per heavy atom. The lowest BCUT2D eigenvalue weighted by molar-refractivity contribution is 0.0950. The molecule has 2 aromatic rings. The molecule has 0 unspecified atom stereocenters. The summed E-state index contributed by atoms with van der Waals surface area (Å²) < 4.78 is 22.3. The minimum Gasteiger partial charge on any atom is -0.496 e. The highest BCUT2D eigenvalue weighted by Crippen LogP contribution is 2.35. The van der Waals surface area contributed by atoms with Crippen LogP contribution in [0.25, 0.3) is 0 Å². The molecule has 0 aliphatic carbocycles. The Kier molecular flexibility index (Phi) is 5.97. The average Bonchev–Trinajstić information content (AvgIpc) is 3.05. The van der Waals surface area contributed by atoms with Gasteiger partial charge in [0.2, 0.25) is 0 Å². The van der Waals surface area contributed by atoms with Gasteiger partial charge in [0.25, 0.3) is 5.91 Å². The molecule has 1 atom stereocenters. The van der Waals surface area contributed by atoms with Crippen molar-refractivity contribution in [3.8, 4) is 23.0 Å². The summed E-state index contributed by atoms with van der Waals surface area (Å²) in [6, 6.07) is 7.40. The van der Waals surface area contributed by atoms with Crippen LogP contribution in [0.15, 0.2) is 24.3 Å². The molecule has 1 heterocycles. The summed E-state index contributed by atoms with van der Waals surface area (Å²) in [7, 11) is 3.15. The Bertz CT molecular complexity index is 852. The number of hydrogen-bond donors (Lipinski definition) is 1. The van der Waals surface area contributed by atoms with Gasteiger partial charge in [-0.3, -0.25) is 4.79 Å². The molecule has 0 saturated heterocycles. The molecule has 2 aromatic carbocycles. The number of benzene rings is 2. The van der Waals surface area contributed by atoms with E-state index in [1.165, 1.54) is 0 Å². The number of fused-ring (bicyclic) bond motifs is 1. The Hall–Kier alpha value is -2.89. The monoisotopic (exact) mass is 385 g/mol. The van der Waals surface area contributed by atoms with Gasteiger partial charge in [0.05, 0.1) is 20.8 Å². The Labute approximate surface area is 165 Å². The molecule has 1 aliphatic rings. The van der Waals surface area contributed by atoms with E-state index >= 15 is 0 Å². The highest BCUT2D eigenvalue weighted by atomic mass is 16.5. The van der Waals surface area contributed by atoms with Crippen LogP contribution in [0.1, 0.15) is 40.9 Å². The van der Waals surface area contributed by atoms with Crippen molar-refractivity contribution in [3.05, 3.63) is 46.5 Å². The van der Waals surface area contributed by atoms with Gasteiger partial charge < -0.3 is 24.3 Å². The zero-order valence-corrected chi connectivity index (χ0v) is 17.0. The first-order chi connectivity index (χ1) is 13.5. The van der Waals surface area contributed by atoms with Crippen molar-refractivity contribution in [3.63, 3.8) is 0 Å². The minimum absolute atomic E-state index is 0.154. The highest BCUT2D eigenvalue weighted by Gasteiger charge is 2.22. The molecule has 28 heavy (non-hydrogen) atoms. The van der Waals surface area contributed by atoms with Crippen molar-refractivity contribution in [2.24, 2.45) is 0 Å². The molecular formula is C22H27NO5. The van der Waals surface area contributed by atoms with Gasteiger partial charge in [-0.2, -0.15) is 0 Å². The number of carbonyl (C=O) groups excluding carboxylic acids is 1. The summed E-state index contributed by atoms with van der Waals surface area (Å²) in [5, 5.41) is 2.95. The van der Waals surface area contributed by atoms with Crippen LogP contribution < -0.4 is 24.3 Å². The molecule has 1 amide bonds. The van der Waals surface area contributed by atoms with E-state index in [4.69, 9.17) is 18.9 Å². The normalized spacial score (nSPS) is 14.8. The van der Waals surface area contributed by atoms with Crippen molar-refractivity contribution >= 4 is 5.91 Å². The van der Waals surface area contributed by atoms with Gasteiger partial charge in [-0.05, 0) is 45.0 Å². The lowest BCUT2D eigenvalue weighted by Crippen LogP contribution is -2.23. The molecule has 0 radical (unpaired) electrons. The Morgan fingerprint density at radius 2 is 1.82 bits per heavy atom. The van der Waals surface area contributed by atoms with Crippen LogP contribution in [-0.4, -0.2) is 32.8 Å². The number of nitrogens with one attached hydrogen (secondary N) is 1. The molecule has 0 aromatic heterocycles. The SMILES string of the molecule is CCOc1cc2c(cc1CNC(=O)c1cc(OC)c(C)c(OC)c1)O[C@H](C)C2. The van der Waals surface area contributed by atoms with Gasteiger partial charge in [0, 0.05) is 35.2 Å². The molecule has 0 fully saturated rings. The van der Waals surface area contributed by atoms with Gasteiger partial charge in [0.15, 0.2) is 0 Å². The van der Waals surface area contributed by atoms with Crippen LogP contribution in [0.2, 0.25) is 0 Å². The van der Waals surface area contributed by atoms with Crippen LogP contribution in [0, 0.1) is 6.92 Å². The summed E-state index contributed by atoms with van der Waals surface area (Å²) in [5.74, 6) is 2.64. The topological polar surface area (TPSA) is 66.0 Å². The molecule has 0 saturated carbocycles. The maximum Gasteiger partial charge on any atom is 0.251 e. The van der Waals surface area contributed by atoms with Crippen molar-refractivity contribution in [1.82, 2.24) is 5.32 Å².